The first kappa shape index (κ1) is 14.8. The van der Waals surface area contributed by atoms with Gasteiger partial charge in [0, 0.05) is 38.1 Å². The van der Waals surface area contributed by atoms with E-state index in [1.165, 1.54) is 0 Å². The molecule has 118 valence electrons. The molecule has 3 rings (SSSR count). The predicted octanol–water partition coefficient (Wildman–Crippen LogP) is 1.81. The number of aryl methyl sites for hydroxylation is 2. The molecule has 0 radical (unpaired) electrons. The van der Waals surface area contributed by atoms with Crippen LogP contribution in [0, 0.1) is 6.92 Å². The third-order valence-electron chi connectivity index (χ3n) is 4.27. The van der Waals surface area contributed by atoms with E-state index in [1.807, 2.05) is 30.4 Å². The van der Waals surface area contributed by atoms with Crippen molar-refractivity contribution >= 4 is 5.91 Å². The zero-order valence-corrected chi connectivity index (χ0v) is 13.3. The maximum atomic E-state index is 12.5. The minimum absolute atomic E-state index is 0.144. The number of likely N-dealkylation sites (tertiary alicyclic amines) is 1. The summed E-state index contributed by atoms with van der Waals surface area (Å²) in [6, 6.07) is 0.342. The van der Waals surface area contributed by atoms with E-state index >= 15 is 0 Å². The number of imidazole rings is 1. The molecule has 1 aliphatic heterocycles. The highest BCUT2D eigenvalue weighted by atomic mass is 16.2. The Balaban J connectivity index is 1.66. The van der Waals surface area contributed by atoms with Crippen molar-refractivity contribution < 1.29 is 4.79 Å². The van der Waals surface area contributed by atoms with Gasteiger partial charge in [-0.15, -0.1) is 0 Å². The highest BCUT2D eigenvalue weighted by Crippen LogP contribution is 2.23. The molecular weight excluding hydrogens is 278 g/mol. The monoisotopic (exact) mass is 301 g/mol. The number of carbonyl (C=O) groups is 1. The van der Waals surface area contributed by atoms with Crippen molar-refractivity contribution in [2.75, 3.05) is 13.1 Å². The zero-order chi connectivity index (χ0) is 15.5. The van der Waals surface area contributed by atoms with Gasteiger partial charge in [0.1, 0.15) is 12.4 Å². The van der Waals surface area contributed by atoms with Gasteiger partial charge >= 0.3 is 0 Å². The summed E-state index contributed by atoms with van der Waals surface area (Å²) in [6.07, 6.45) is 10.6. The number of carbonyl (C=O) groups excluding carboxylic acids is 1. The Morgan fingerprint density at radius 1 is 1.45 bits per heavy atom. The average Bonchev–Trinajstić information content (AvgIpc) is 3.16. The molecule has 0 aromatic carbocycles. The Morgan fingerprint density at radius 2 is 2.32 bits per heavy atom. The molecule has 0 unspecified atom stereocenters. The van der Waals surface area contributed by atoms with Gasteiger partial charge in [-0.05, 0) is 25.3 Å². The molecule has 1 amide bonds. The van der Waals surface area contributed by atoms with Crippen LogP contribution in [0.2, 0.25) is 0 Å². The first-order valence-electron chi connectivity index (χ1n) is 7.96. The summed E-state index contributed by atoms with van der Waals surface area (Å²) in [5.74, 6) is 1.24. The second-order valence-electron chi connectivity index (χ2n) is 5.96. The minimum atomic E-state index is 0.144. The van der Waals surface area contributed by atoms with E-state index < -0.39 is 0 Å². The van der Waals surface area contributed by atoms with Gasteiger partial charge in [0.25, 0.3) is 0 Å². The van der Waals surface area contributed by atoms with Crippen LogP contribution in [0.1, 0.15) is 37.2 Å². The summed E-state index contributed by atoms with van der Waals surface area (Å²) in [5.41, 5.74) is 1.08. The smallest absolute Gasteiger partial charge is 0.244 e. The van der Waals surface area contributed by atoms with Crippen molar-refractivity contribution in [3.63, 3.8) is 0 Å². The number of rotatable bonds is 4. The van der Waals surface area contributed by atoms with Crippen LogP contribution in [-0.4, -0.2) is 43.2 Å². The lowest BCUT2D eigenvalue weighted by atomic mass is 10.1. The first-order valence-corrected chi connectivity index (χ1v) is 7.96. The van der Waals surface area contributed by atoms with E-state index in [0.29, 0.717) is 12.6 Å². The summed E-state index contributed by atoms with van der Waals surface area (Å²) >= 11 is 0. The SMILES string of the molecule is CCc1nccn1[C@@H]1CCCN(C(=O)Cn2cc(C)cn2)C1. The Labute approximate surface area is 130 Å². The van der Waals surface area contributed by atoms with Crippen molar-refractivity contribution in [3.05, 3.63) is 36.2 Å². The van der Waals surface area contributed by atoms with E-state index in [1.54, 1.807) is 10.9 Å². The van der Waals surface area contributed by atoms with Crippen molar-refractivity contribution in [1.29, 1.82) is 0 Å². The Hall–Kier alpha value is -2.11. The molecule has 6 heteroatoms. The van der Waals surface area contributed by atoms with Gasteiger partial charge < -0.3 is 9.47 Å². The van der Waals surface area contributed by atoms with Crippen LogP contribution >= 0.6 is 0 Å². The van der Waals surface area contributed by atoms with Crippen LogP contribution in [-0.2, 0) is 17.8 Å². The number of aromatic nitrogens is 4. The maximum Gasteiger partial charge on any atom is 0.244 e. The van der Waals surface area contributed by atoms with E-state index in [4.69, 9.17) is 0 Å². The molecule has 1 saturated heterocycles. The molecule has 0 bridgehead atoms. The Bertz CT molecular complexity index is 645. The molecule has 0 saturated carbocycles. The fraction of sp³-hybridized carbons (Fsp3) is 0.562. The molecule has 1 atom stereocenters. The van der Waals surface area contributed by atoms with Crippen molar-refractivity contribution in [3.8, 4) is 0 Å². The number of nitrogens with zero attached hydrogens (tertiary/aromatic N) is 5. The summed E-state index contributed by atoms with van der Waals surface area (Å²) in [4.78, 5) is 18.8. The lowest BCUT2D eigenvalue weighted by molar-refractivity contribution is -0.133. The Kier molecular flexibility index (Phi) is 4.27. The molecule has 0 spiro atoms. The molecular formula is C16H23N5O. The van der Waals surface area contributed by atoms with Crippen LogP contribution in [0.25, 0.3) is 0 Å². The molecule has 1 aliphatic rings. The molecule has 0 N–H and O–H groups in total. The fourth-order valence-corrected chi connectivity index (χ4v) is 3.15. The number of hydrogen-bond acceptors (Lipinski definition) is 3. The fourth-order valence-electron chi connectivity index (χ4n) is 3.15. The largest absolute Gasteiger partial charge is 0.339 e. The quantitative estimate of drug-likeness (QED) is 0.865. The van der Waals surface area contributed by atoms with Gasteiger partial charge in [0.2, 0.25) is 5.91 Å². The topological polar surface area (TPSA) is 56.0 Å². The molecule has 6 nitrogen and oxygen atoms in total. The molecule has 2 aromatic heterocycles. The second kappa shape index (κ2) is 6.34. The van der Waals surface area contributed by atoms with Crippen LogP contribution in [0.5, 0.6) is 0 Å². The third-order valence-corrected chi connectivity index (χ3v) is 4.27. The lowest BCUT2D eigenvalue weighted by Crippen LogP contribution is -2.42. The summed E-state index contributed by atoms with van der Waals surface area (Å²) in [7, 11) is 0. The normalized spacial score (nSPS) is 18.6. The molecule has 3 heterocycles. The van der Waals surface area contributed by atoms with Gasteiger partial charge in [-0.25, -0.2) is 4.98 Å². The standard InChI is InChI=1S/C16H23N5O/c1-3-15-17-6-8-21(15)14-5-4-7-19(11-14)16(22)12-20-10-13(2)9-18-20/h6,8-10,14H,3-5,7,11-12H2,1-2H3/t14-/m1/s1. The maximum absolute atomic E-state index is 12.5. The van der Waals surface area contributed by atoms with Crippen LogP contribution < -0.4 is 0 Å². The van der Waals surface area contributed by atoms with Crippen molar-refractivity contribution in [1.82, 2.24) is 24.2 Å². The van der Waals surface area contributed by atoms with E-state index in [-0.39, 0.29) is 5.91 Å². The number of amides is 1. The first-order chi connectivity index (χ1) is 10.7. The second-order valence-corrected chi connectivity index (χ2v) is 5.96. The lowest BCUT2D eigenvalue weighted by Gasteiger charge is -2.34. The predicted molar refractivity (Wildman–Crippen MR) is 83.4 cm³/mol. The number of hydrogen-bond donors (Lipinski definition) is 0. The van der Waals surface area contributed by atoms with Crippen molar-refractivity contribution in [2.24, 2.45) is 0 Å². The molecule has 22 heavy (non-hydrogen) atoms. The van der Waals surface area contributed by atoms with E-state index in [9.17, 15) is 4.79 Å². The average molecular weight is 301 g/mol. The van der Waals surface area contributed by atoms with Crippen LogP contribution in [0.4, 0.5) is 0 Å². The molecule has 1 fully saturated rings. The highest BCUT2D eigenvalue weighted by molar-refractivity contribution is 5.76. The third kappa shape index (κ3) is 3.05. The van der Waals surface area contributed by atoms with Gasteiger partial charge in [0.05, 0.1) is 12.2 Å². The molecule has 0 aliphatic carbocycles. The minimum Gasteiger partial charge on any atom is -0.339 e. The van der Waals surface area contributed by atoms with E-state index in [2.05, 4.69) is 21.6 Å². The van der Waals surface area contributed by atoms with Crippen molar-refractivity contribution in [2.45, 2.75) is 45.7 Å². The highest BCUT2D eigenvalue weighted by Gasteiger charge is 2.25. The van der Waals surface area contributed by atoms with E-state index in [0.717, 1.165) is 43.7 Å². The Morgan fingerprint density at radius 3 is 3.05 bits per heavy atom. The van der Waals surface area contributed by atoms with Gasteiger partial charge in [-0.2, -0.15) is 5.10 Å². The summed E-state index contributed by atoms with van der Waals surface area (Å²) < 4.78 is 3.95. The number of piperidine rings is 1. The zero-order valence-electron chi connectivity index (χ0n) is 13.3. The van der Waals surface area contributed by atoms with Crippen LogP contribution in [0.15, 0.2) is 24.8 Å². The molecule has 2 aromatic rings. The van der Waals surface area contributed by atoms with Gasteiger partial charge in [-0.3, -0.25) is 9.48 Å². The van der Waals surface area contributed by atoms with Gasteiger partial charge in [0.15, 0.2) is 0 Å². The van der Waals surface area contributed by atoms with Crippen LogP contribution in [0.3, 0.4) is 0 Å². The van der Waals surface area contributed by atoms with Gasteiger partial charge in [-0.1, -0.05) is 6.92 Å². The summed E-state index contributed by atoms with van der Waals surface area (Å²) in [6.45, 7) is 6.03. The summed E-state index contributed by atoms with van der Waals surface area (Å²) in [5, 5.41) is 4.20.